The van der Waals surface area contributed by atoms with E-state index in [-0.39, 0.29) is 0 Å². The van der Waals surface area contributed by atoms with Gasteiger partial charge in [0, 0.05) is 24.2 Å². The zero-order valence-corrected chi connectivity index (χ0v) is 16.1. The Morgan fingerprint density at radius 3 is 2.54 bits per heavy atom. The molecule has 1 fully saturated rings. The number of ether oxygens (including phenoxy) is 1. The van der Waals surface area contributed by atoms with E-state index >= 15 is 0 Å². The maximum absolute atomic E-state index is 11.2. The van der Waals surface area contributed by atoms with Crippen molar-refractivity contribution in [1.82, 2.24) is 9.88 Å². The first-order valence-electron chi connectivity index (χ1n) is 9.77. The number of aromatic nitrogens is 1. The van der Waals surface area contributed by atoms with Crippen LogP contribution >= 0.6 is 0 Å². The van der Waals surface area contributed by atoms with E-state index in [1.54, 1.807) is 12.1 Å². The molecule has 28 heavy (non-hydrogen) atoms. The van der Waals surface area contributed by atoms with Gasteiger partial charge < -0.3 is 10.5 Å². The summed E-state index contributed by atoms with van der Waals surface area (Å²) < 4.78 is 6.01. The van der Waals surface area contributed by atoms with Crippen LogP contribution in [0.1, 0.15) is 35.7 Å². The largest absolute Gasteiger partial charge is 0.438 e. The molecule has 0 saturated carbocycles. The van der Waals surface area contributed by atoms with Crippen molar-refractivity contribution in [3.05, 3.63) is 65.9 Å². The van der Waals surface area contributed by atoms with Crippen molar-refractivity contribution >= 4 is 16.7 Å². The Morgan fingerprint density at radius 1 is 1.11 bits per heavy atom. The average molecular weight is 375 g/mol. The van der Waals surface area contributed by atoms with Gasteiger partial charge >= 0.3 is 0 Å². The van der Waals surface area contributed by atoms with Crippen LogP contribution in [0.15, 0.2) is 54.7 Å². The fraction of sp³-hybridized carbons (Fsp3) is 0.304. The molecule has 1 saturated heterocycles. The monoisotopic (exact) mass is 375 g/mol. The molecular formula is C23H25N3O2. The zero-order chi connectivity index (χ0) is 19.5. The number of primary amides is 1. The van der Waals surface area contributed by atoms with Gasteiger partial charge in [-0.1, -0.05) is 37.3 Å². The second-order valence-electron chi connectivity index (χ2n) is 7.58. The lowest BCUT2D eigenvalue weighted by Gasteiger charge is -2.30. The third-order valence-electron chi connectivity index (χ3n) is 5.48. The van der Waals surface area contributed by atoms with Crippen molar-refractivity contribution in [2.24, 2.45) is 11.7 Å². The molecule has 1 amide bonds. The van der Waals surface area contributed by atoms with Crippen molar-refractivity contribution in [3.63, 3.8) is 0 Å². The standard InChI is InChI=1S/C23H25N3O2/c1-16-10-12-26(13-11-16)15-18-6-8-21(20-5-3-2-4-19(18)20)28-22-9-7-17(14-25-22)23(24)27/h2-9,14,16H,10-13,15H2,1H3,(H2,24,27). The van der Waals surface area contributed by atoms with Crippen LogP contribution < -0.4 is 10.5 Å². The van der Waals surface area contributed by atoms with E-state index in [1.807, 2.05) is 12.1 Å². The third kappa shape index (κ3) is 3.99. The number of fused-ring (bicyclic) bond motifs is 1. The molecule has 1 aliphatic rings. The summed E-state index contributed by atoms with van der Waals surface area (Å²) in [5.41, 5.74) is 6.95. The van der Waals surface area contributed by atoms with Crippen LogP contribution in [0.2, 0.25) is 0 Å². The van der Waals surface area contributed by atoms with Crippen LogP contribution in [0.5, 0.6) is 11.6 Å². The number of rotatable bonds is 5. The van der Waals surface area contributed by atoms with Gasteiger partial charge in [0.05, 0.1) is 5.56 Å². The van der Waals surface area contributed by atoms with Gasteiger partial charge in [-0.3, -0.25) is 9.69 Å². The summed E-state index contributed by atoms with van der Waals surface area (Å²) in [6.07, 6.45) is 3.98. The lowest BCUT2D eigenvalue weighted by atomic mass is 9.97. The Morgan fingerprint density at radius 2 is 1.86 bits per heavy atom. The van der Waals surface area contributed by atoms with Crippen LogP contribution in [0.25, 0.3) is 10.8 Å². The quantitative estimate of drug-likeness (QED) is 0.719. The maximum Gasteiger partial charge on any atom is 0.250 e. The average Bonchev–Trinajstić information content (AvgIpc) is 2.72. The number of carbonyl (C=O) groups is 1. The van der Waals surface area contributed by atoms with Crippen molar-refractivity contribution in [2.75, 3.05) is 13.1 Å². The number of pyridine rings is 1. The van der Waals surface area contributed by atoms with Crippen LogP contribution in [-0.4, -0.2) is 28.9 Å². The summed E-state index contributed by atoms with van der Waals surface area (Å²) in [4.78, 5) is 17.9. The lowest BCUT2D eigenvalue weighted by molar-refractivity contribution is 0.1000. The Hall–Kier alpha value is -2.92. The van der Waals surface area contributed by atoms with Crippen LogP contribution in [-0.2, 0) is 6.54 Å². The number of carbonyl (C=O) groups excluding carboxylic acids is 1. The third-order valence-corrected chi connectivity index (χ3v) is 5.48. The van der Waals surface area contributed by atoms with Gasteiger partial charge in [-0.15, -0.1) is 0 Å². The molecule has 0 unspecified atom stereocenters. The molecule has 5 heteroatoms. The molecule has 0 atom stereocenters. The molecule has 0 aliphatic carbocycles. The number of hydrogen-bond donors (Lipinski definition) is 1. The first-order chi connectivity index (χ1) is 13.6. The highest BCUT2D eigenvalue weighted by Crippen LogP contribution is 2.32. The van der Waals surface area contributed by atoms with Crippen LogP contribution in [0.4, 0.5) is 0 Å². The summed E-state index contributed by atoms with van der Waals surface area (Å²) in [6, 6.07) is 15.7. The van der Waals surface area contributed by atoms with Crippen molar-refractivity contribution < 1.29 is 9.53 Å². The van der Waals surface area contributed by atoms with E-state index in [9.17, 15) is 4.79 Å². The highest BCUT2D eigenvalue weighted by Gasteiger charge is 2.17. The first-order valence-corrected chi connectivity index (χ1v) is 9.77. The van der Waals surface area contributed by atoms with Crippen molar-refractivity contribution in [1.29, 1.82) is 0 Å². The number of hydrogen-bond acceptors (Lipinski definition) is 4. The Balaban J connectivity index is 1.59. The molecule has 0 spiro atoms. The smallest absolute Gasteiger partial charge is 0.250 e. The SMILES string of the molecule is CC1CCN(Cc2ccc(Oc3ccc(C(N)=O)cn3)c3ccccc23)CC1. The normalized spacial score (nSPS) is 15.6. The molecular weight excluding hydrogens is 350 g/mol. The van der Waals surface area contributed by atoms with Gasteiger partial charge in [0.2, 0.25) is 11.8 Å². The van der Waals surface area contributed by atoms with Crippen molar-refractivity contribution in [3.8, 4) is 11.6 Å². The summed E-state index contributed by atoms with van der Waals surface area (Å²) >= 11 is 0. The fourth-order valence-electron chi connectivity index (χ4n) is 3.72. The highest BCUT2D eigenvalue weighted by molar-refractivity contribution is 5.92. The van der Waals surface area contributed by atoms with Crippen molar-refractivity contribution in [2.45, 2.75) is 26.3 Å². The van der Waals surface area contributed by atoms with Crippen LogP contribution in [0.3, 0.4) is 0 Å². The Bertz CT molecular complexity index is 977. The van der Waals surface area contributed by atoms with E-state index < -0.39 is 5.91 Å². The minimum absolute atomic E-state index is 0.364. The maximum atomic E-state index is 11.2. The summed E-state index contributed by atoms with van der Waals surface area (Å²) in [5, 5.41) is 2.26. The molecule has 4 rings (SSSR count). The second-order valence-corrected chi connectivity index (χ2v) is 7.58. The predicted octanol–water partition coefficient (Wildman–Crippen LogP) is 4.36. The highest BCUT2D eigenvalue weighted by atomic mass is 16.5. The molecule has 0 radical (unpaired) electrons. The molecule has 2 heterocycles. The fourth-order valence-corrected chi connectivity index (χ4v) is 3.72. The van der Waals surface area contributed by atoms with Gasteiger partial charge in [-0.25, -0.2) is 4.98 Å². The number of amides is 1. The Labute approximate surface area is 165 Å². The molecule has 2 aromatic carbocycles. The summed E-state index contributed by atoms with van der Waals surface area (Å²) in [5.74, 6) is 1.53. The predicted molar refractivity (Wildman–Crippen MR) is 110 cm³/mol. The number of piperidine rings is 1. The molecule has 5 nitrogen and oxygen atoms in total. The van der Waals surface area contributed by atoms with Crippen LogP contribution in [0, 0.1) is 5.92 Å². The molecule has 1 aromatic heterocycles. The number of nitrogens with zero attached hydrogens (tertiary/aromatic N) is 2. The van der Waals surface area contributed by atoms with E-state index in [1.165, 1.54) is 30.0 Å². The number of benzene rings is 2. The minimum Gasteiger partial charge on any atom is -0.438 e. The summed E-state index contributed by atoms with van der Waals surface area (Å²) in [7, 11) is 0. The van der Waals surface area contributed by atoms with E-state index in [4.69, 9.17) is 10.5 Å². The molecule has 3 aromatic rings. The number of likely N-dealkylation sites (tertiary alicyclic amines) is 1. The van der Waals surface area contributed by atoms with Gasteiger partial charge in [-0.2, -0.15) is 0 Å². The molecule has 144 valence electrons. The van der Waals surface area contributed by atoms with Gasteiger partial charge in [0.25, 0.3) is 0 Å². The summed E-state index contributed by atoms with van der Waals surface area (Å²) in [6.45, 7) is 5.61. The molecule has 2 N–H and O–H groups in total. The van der Waals surface area contributed by atoms with Gasteiger partial charge in [0.15, 0.2) is 0 Å². The molecule has 0 bridgehead atoms. The van der Waals surface area contributed by atoms with E-state index in [0.717, 1.165) is 36.7 Å². The van der Waals surface area contributed by atoms with E-state index in [0.29, 0.717) is 11.4 Å². The van der Waals surface area contributed by atoms with E-state index in [2.05, 4.69) is 41.1 Å². The van der Waals surface area contributed by atoms with Gasteiger partial charge in [-0.05, 0) is 54.9 Å². The first kappa shape index (κ1) is 18.4. The lowest BCUT2D eigenvalue weighted by Crippen LogP contribution is -2.32. The Kier molecular flexibility index (Phi) is 5.26. The number of nitrogens with two attached hydrogens (primary N) is 1. The van der Waals surface area contributed by atoms with Gasteiger partial charge in [0.1, 0.15) is 5.75 Å². The second kappa shape index (κ2) is 7.98. The minimum atomic E-state index is -0.499. The zero-order valence-electron chi connectivity index (χ0n) is 16.1. The topological polar surface area (TPSA) is 68.5 Å². The molecule has 1 aliphatic heterocycles.